The van der Waals surface area contributed by atoms with Gasteiger partial charge in [-0.25, -0.2) is 0 Å². The molecule has 1 aromatic rings. The zero-order valence-corrected chi connectivity index (χ0v) is 13.7. The van der Waals surface area contributed by atoms with E-state index < -0.39 is 0 Å². The molecule has 3 nitrogen and oxygen atoms in total. The van der Waals surface area contributed by atoms with Gasteiger partial charge in [0.05, 0.1) is 12.6 Å². The lowest BCUT2D eigenvalue weighted by Gasteiger charge is -2.33. The molecule has 1 aliphatic rings. The maximum Gasteiger partial charge on any atom is 0.234 e. The lowest BCUT2D eigenvalue weighted by Crippen LogP contribution is -2.44. The van der Waals surface area contributed by atoms with Crippen LogP contribution in [0.5, 0.6) is 0 Å². The fraction of sp³-hybridized carbons (Fsp3) is 0.588. The summed E-state index contributed by atoms with van der Waals surface area (Å²) >= 11 is 5.92. The van der Waals surface area contributed by atoms with Gasteiger partial charge in [0.2, 0.25) is 5.91 Å². The van der Waals surface area contributed by atoms with Crippen molar-refractivity contribution in [3.8, 4) is 0 Å². The van der Waals surface area contributed by atoms with Gasteiger partial charge in [-0.1, -0.05) is 37.1 Å². The van der Waals surface area contributed by atoms with Gasteiger partial charge in [0, 0.05) is 11.1 Å². The second-order valence-corrected chi connectivity index (χ2v) is 6.33. The number of benzene rings is 1. The van der Waals surface area contributed by atoms with E-state index in [1.807, 2.05) is 24.3 Å². The van der Waals surface area contributed by atoms with E-state index in [0.717, 1.165) is 23.6 Å². The highest BCUT2D eigenvalue weighted by molar-refractivity contribution is 6.30. The van der Waals surface area contributed by atoms with Gasteiger partial charge in [-0.05, 0) is 50.4 Å². The van der Waals surface area contributed by atoms with Gasteiger partial charge in [0.25, 0.3) is 0 Å². The minimum Gasteiger partial charge on any atom is -0.348 e. The average molecular weight is 309 g/mol. The van der Waals surface area contributed by atoms with Gasteiger partial charge in [-0.3, -0.25) is 9.69 Å². The Morgan fingerprint density at radius 2 is 2.10 bits per heavy atom. The van der Waals surface area contributed by atoms with Crippen LogP contribution in [0.3, 0.4) is 0 Å². The molecule has 1 aromatic carbocycles. The maximum atomic E-state index is 12.3. The predicted molar refractivity (Wildman–Crippen MR) is 87.5 cm³/mol. The molecule has 2 rings (SSSR count). The van der Waals surface area contributed by atoms with Gasteiger partial charge in [-0.2, -0.15) is 0 Å². The van der Waals surface area contributed by atoms with Crippen LogP contribution in [0.25, 0.3) is 0 Å². The van der Waals surface area contributed by atoms with E-state index in [-0.39, 0.29) is 11.9 Å². The molecule has 0 aromatic heterocycles. The summed E-state index contributed by atoms with van der Waals surface area (Å²) < 4.78 is 0. The predicted octanol–water partition coefficient (Wildman–Crippen LogP) is 3.78. The molecule has 0 spiro atoms. The molecule has 2 atom stereocenters. The van der Waals surface area contributed by atoms with Crippen molar-refractivity contribution >= 4 is 17.5 Å². The number of piperidine rings is 1. The largest absolute Gasteiger partial charge is 0.348 e. The first kappa shape index (κ1) is 16.3. The fourth-order valence-corrected chi connectivity index (χ4v) is 3.06. The Morgan fingerprint density at radius 1 is 1.38 bits per heavy atom. The molecule has 1 amide bonds. The van der Waals surface area contributed by atoms with Crippen LogP contribution in [-0.2, 0) is 4.79 Å². The van der Waals surface area contributed by atoms with E-state index in [1.54, 1.807) is 0 Å². The quantitative estimate of drug-likeness (QED) is 0.897. The molecule has 0 unspecified atom stereocenters. The highest BCUT2D eigenvalue weighted by Crippen LogP contribution is 2.20. The molecule has 1 saturated heterocycles. The summed E-state index contributed by atoms with van der Waals surface area (Å²) in [7, 11) is 0. The first-order chi connectivity index (χ1) is 10.1. The van der Waals surface area contributed by atoms with Crippen molar-refractivity contribution in [1.29, 1.82) is 0 Å². The maximum absolute atomic E-state index is 12.3. The zero-order chi connectivity index (χ0) is 15.2. The molecule has 0 aliphatic carbocycles. The van der Waals surface area contributed by atoms with Crippen LogP contribution in [0.2, 0.25) is 5.02 Å². The first-order valence-electron chi connectivity index (χ1n) is 7.89. The second-order valence-electron chi connectivity index (χ2n) is 5.90. The Morgan fingerprint density at radius 3 is 2.71 bits per heavy atom. The highest BCUT2D eigenvalue weighted by Gasteiger charge is 2.21. The van der Waals surface area contributed by atoms with Crippen LogP contribution in [0, 0.1) is 0 Å². The molecule has 4 heteroatoms. The summed E-state index contributed by atoms with van der Waals surface area (Å²) in [4.78, 5) is 14.6. The topological polar surface area (TPSA) is 32.3 Å². The Balaban J connectivity index is 1.91. The molecule has 1 N–H and O–H groups in total. The van der Waals surface area contributed by atoms with Gasteiger partial charge in [0.1, 0.15) is 0 Å². The summed E-state index contributed by atoms with van der Waals surface area (Å²) in [6, 6.07) is 8.30. The number of carbonyl (C=O) groups is 1. The normalized spacial score (nSPS) is 21.0. The van der Waals surface area contributed by atoms with Crippen LogP contribution in [0.1, 0.15) is 51.1 Å². The third-order valence-electron chi connectivity index (χ3n) is 4.30. The number of halogens is 1. The lowest BCUT2D eigenvalue weighted by atomic mass is 10.0. The van der Waals surface area contributed by atoms with Crippen molar-refractivity contribution < 1.29 is 4.79 Å². The standard InChI is InChI=1S/C17H25ClN2O/c1-3-16(14-7-9-15(18)10-8-14)19-17(21)12-20-11-5-4-6-13(20)2/h7-10,13,16H,3-6,11-12H2,1-2H3,(H,19,21)/t13-,16-/m1/s1. The van der Waals surface area contributed by atoms with E-state index >= 15 is 0 Å². The number of amides is 1. The number of rotatable bonds is 5. The summed E-state index contributed by atoms with van der Waals surface area (Å²) in [6.07, 6.45) is 4.55. The Labute approximate surface area is 132 Å². The average Bonchev–Trinajstić information content (AvgIpc) is 2.48. The third-order valence-corrected chi connectivity index (χ3v) is 4.56. The smallest absolute Gasteiger partial charge is 0.234 e. The molecular weight excluding hydrogens is 284 g/mol. The Kier molecular flexibility index (Phi) is 6.07. The minimum absolute atomic E-state index is 0.0647. The summed E-state index contributed by atoms with van der Waals surface area (Å²) in [5.41, 5.74) is 1.11. The monoisotopic (exact) mass is 308 g/mol. The van der Waals surface area contributed by atoms with E-state index in [0.29, 0.717) is 12.6 Å². The molecule has 116 valence electrons. The molecular formula is C17H25ClN2O. The van der Waals surface area contributed by atoms with E-state index in [1.165, 1.54) is 19.3 Å². The number of hydrogen-bond donors (Lipinski definition) is 1. The number of likely N-dealkylation sites (tertiary alicyclic amines) is 1. The van der Waals surface area contributed by atoms with Crippen LogP contribution in [0.4, 0.5) is 0 Å². The van der Waals surface area contributed by atoms with Crippen LogP contribution in [0.15, 0.2) is 24.3 Å². The summed E-state index contributed by atoms with van der Waals surface area (Å²) in [5, 5.41) is 3.87. The van der Waals surface area contributed by atoms with Gasteiger partial charge in [-0.15, -0.1) is 0 Å². The van der Waals surface area contributed by atoms with Crippen LogP contribution >= 0.6 is 11.6 Å². The molecule has 1 fully saturated rings. The Bertz CT molecular complexity index is 460. The summed E-state index contributed by atoms with van der Waals surface area (Å²) in [5.74, 6) is 0.116. The molecule has 1 aliphatic heterocycles. The molecule has 21 heavy (non-hydrogen) atoms. The van der Waals surface area contributed by atoms with Crippen molar-refractivity contribution in [2.75, 3.05) is 13.1 Å². The fourth-order valence-electron chi connectivity index (χ4n) is 2.93. The molecule has 1 heterocycles. The van der Waals surface area contributed by atoms with Crippen molar-refractivity contribution in [2.24, 2.45) is 0 Å². The van der Waals surface area contributed by atoms with Gasteiger partial charge < -0.3 is 5.32 Å². The van der Waals surface area contributed by atoms with Crippen molar-refractivity contribution in [3.05, 3.63) is 34.9 Å². The SMILES string of the molecule is CC[C@@H](NC(=O)CN1CCCC[C@H]1C)c1ccc(Cl)cc1. The third kappa shape index (κ3) is 4.72. The van der Waals surface area contributed by atoms with Crippen molar-refractivity contribution in [3.63, 3.8) is 0 Å². The van der Waals surface area contributed by atoms with Crippen LogP contribution in [-0.4, -0.2) is 29.9 Å². The highest BCUT2D eigenvalue weighted by atomic mass is 35.5. The molecule has 0 radical (unpaired) electrons. The Hall–Kier alpha value is -1.06. The van der Waals surface area contributed by atoms with E-state index in [2.05, 4.69) is 24.1 Å². The molecule has 0 bridgehead atoms. The van der Waals surface area contributed by atoms with Gasteiger partial charge >= 0.3 is 0 Å². The van der Waals surface area contributed by atoms with Crippen molar-refractivity contribution in [2.45, 2.75) is 51.6 Å². The molecule has 0 saturated carbocycles. The van der Waals surface area contributed by atoms with Gasteiger partial charge in [0.15, 0.2) is 0 Å². The van der Waals surface area contributed by atoms with E-state index in [9.17, 15) is 4.79 Å². The van der Waals surface area contributed by atoms with Crippen LogP contribution < -0.4 is 5.32 Å². The first-order valence-corrected chi connectivity index (χ1v) is 8.26. The second kappa shape index (κ2) is 7.81. The summed E-state index contributed by atoms with van der Waals surface area (Å²) in [6.45, 7) is 5.84. The number of hydrogen-bond acceptors (Lipinski definition) is 2. The van der Waals surface area contributed by atoms with Crippen molar-refractivity contribution in [1.82, 2.24) is 10.2 Å². The lowest BCUT2D eigenvalue weighted by molar-refractivity contribution is -0.123. The minimum atomic E-state index is 0.0647. The number of carbonyl (C=O) groups excluding carboxylic acids is 1. The van der Waals surface area contributed by atoms with E-state index in [4.69, 9.17) is 11.6 Å². The number of nitrogens with zero attached hydrogens (tertiary/aromatic N) is 1. The zero-order valence-electron chi connectivity index (χ0n) is 12.9. The number of nitrogens with one attached hydrogen (secondary N) is 1.